The molecule has 0 saturated carbocycles. The van der Waals surface area contributed by atoms with Crippen LogP contribution in [0.15, 0.2) is 41.4 Å². The molecule has 1 heterocycles. The first kappa shape index (κ1) is 16.3. The van der Waals surface area contributed by atoms with Gasteiger partial charge in [-0.1, -0.05) is 6.07 Å². The second kappa shape index (κ2) is 6.33. The highest BCUT2D eigenvalue weighted by atomic mass is 32.2. The monoisotopic (exact) mass is 321 g/mol. The molecule has 0 saturated heterocycles. The van der Waals surface area contributed by atoms with E-state index in [0.29, 0.717) is 11.6 Å². The average molecular weight is 321 g/mol. The van der Waals surface area contributed by atoms with Crippen molar-refractivity contribution in [2.24, 2.45) is 0 Å². The molecule has 0 aliphatic rings. The second-order valence-electron chi connectivity index (χ2n) is 5.00. The molecule has 0 bridgehead atoms. The zero-order chi connectivity index (χ0) is 16.3. The Labute approximate surface area is 130 Å². The van der Waals surface area contributed by atoms with Gasteiger partial charge in [-0.05, 0) is 36.8 Å². The van der Waals surface area contributed by atoms with E-state index in [1.165, 1.54) is 26.4 Å². The van der Waals surface area contributed by atoms with Crippen molar-refractivity contribution in [2.75, 3.05) is 26.5 Å². The highest BCUT2D eigenvalue weighted by molar-refractivity contribution is 7.89. The summed E-state index contributed by atoms with van der Waals surface area (Å²) in [4.78, 5) is 4.31. The summed E-state index contributed by atoms with van der Waals surface area (Å²) in [6, 6.07) is 8.89. The number of aryl methyl sites for hydroxylation is 1. The Morgan fingerprint density at radius 1 is 1.18 bits per heavy atom. The molecule has 0 spiro atoms. The Bertz CT molecular complexity index is 756. The number of hydrogen-bond donors (Lipinski definition) is 1. The molecular weight excluding hydrogens is 302 g/mol. The molecule has 0 amide bonds. The van der Waals surface area contributed by atoms with Gasteiger partial charge >= 0.3 is 0 Å². The van der Waals surface area contributed by atoms with E-state index in [-0.39, 0.29) is 4.90 Å². The van der Waals surface area contributed by atoms with Crippen molar-refractivity contribution in [1.82, 2.24) is 9.29 Å². The number of sulfonamides is 1. The highest BCUT2D eigenvalue weighted by Crippen LogP contribution is 2.28. The minimum Gasteiger partial charge on any atom is -0.495 e. The molecule has 0 aliphatic heterocycles. The Kier molecular flexibility index (Phi) is 4.68. The average Bonchev–Trinajstić information content (AvgIpc) is 2.48. The number of benzene rings is 1. The third-order valence-corrected chi connectivity index (χ3v) is 4.93. The molecule has 22 heavy (non-hydrogen) atoms. The molecule has 6 nitrogen and oxygen atoms in total. The summed E-state index contributed by atoms with van der Waals surface area (Å²) < 4.78 is 30.4. The molecule has 0 radical (unpaired) electrons. The number of ether oxygens (including phenoxy) is 1. The van der Waals surface area contributed by atoms with E-state index in [9.17, 15) is 8.42 Å². The van der Waals surface area contributed by atoms with E-state index in [0.717, 1.165) is 15.6 Å². The lowest BCUT2D eigenvalue weighted by molar-refractivity contribution is 0.416. The standard InChI is InChI=1S/C15H19N3O3S/c1-11-5-7-14(21-4)13(9-11)17-15-8-6-12(10-16-15)22(19,20)18(2)3/h5-10H,1-4H3,(H,16,17). The number of nitrogens with zero attached hydrogens (tertiary/aromatic N) is 2. The molecule has 7 heteroatoms. The van der Waals surface area contributed by atoms with Crippen LogP contribution in [0.3, 0.4) is 0 Å². The first-order chi connectivity index (χ1) is 10.3. The fourth-order valence-electron chi connectivity index (χ4n) is 1.88. The van der Waals surface area contributed by atoms with Gasteiger partial charge < -0.3 is 10.1 Å². The minimum atomic E-state index is -3.47. The summed E-state index contributed by atoms with van der Waals surface area (Å²) in [6.07, 6.45) is 1.33. The third kappa shape index (κ3) is 3.37. The van der Waals surface area contributed by atoms with Crippen LogP contribution < -0.4 is 10.1 Å². The van der Waals surface area contributed by atoms with Gasteiger partial charge in [0.15, 0.2) is 0 Å². The van der Waals surface area contributed by atoms with Crippen LogP contribution in [0.25, 0.3) is 0 Å². The largest absolute Gasteiger partial charge is 0.495 e. The molecule has 0 atom stereocenters. The van der Waals surface area contributed by atoms with Gasteiger partial charge in [-0.3, -0.25) is 0 Å². The minimum absolute atomic E-state index is 0.152. The maximum atomic E-state index is 12.0. The van der Waals surface area contributed by atoms with Gasteiger partial charge in [-0.15, -0.1) is 0 Å². The van der Waals surface area contributed by atoms with Crippen molar-refractivity contribution in [3.63, 3.8) is 0 Å². The van der Waals surface area contributed by atoms with E-state index in [4.69, 9.17) is 4.74 Å². The summed E-state index contributed by atoms with van der Waals surface area (Å²) >= 11 is 0. The zero-order valence-electron chi connectivity index (χ0n) is 13.0. The maximum Gasteiger partial charge on any atom is 0.244 e. The van der Waals surface area contributed by atoms with Crippen molar-refractivity contribution in [3.05, 3.63) is 42.1 Å². The maximum absolute atomic E-state index is 12.0. The van der Waals surface area contributed by atoms with Crippen LogP contribution in [0.4, 0.5) is 11.5 Å². The summed E-state index contributed by atoms with van der Waals surface area (Å²) in [7, 11) is 1.10. The normalized spacial score (nSPS) is 11.5. The van der Waals surface area contributed by atoms with Gasteiger partial charge in [0, 0.05) is 20.3 Å². The summed E-state index contributed by atoms with van der Waals surface area (Å²) in [5.41, 5.74) is 1.85. The van der Waals surface area contributed by atoms with E-state index < -0.39 is 10.0 Å². The fraction of sp³-hybridized carbons (Fsp3) is 0.267. The van der Waals surface area contributed by atoms with Crippen LogP contribution in [-0.2, 0) is 10.0 Å². The molecule has 2 aromatic rings. The van der Waals surface area contributed by atoms with Gasteiger partial charge in [0.25, 0.3) is 0 Å². The van der Waals surface area contributed by atoms with Gasteiger partial charge in [-0.25, -0.2) is 17.7 Å². The van der Waals surface area contributed by atoms with Crippen LogP contribution in [0.1, 0.15) is 5.56 Å². The molecule has 118 valence electrons. The Morgan fingerprint density at radius 2 is 1.91 bits per heavy atom. The Balaban J connectivity index is 2.28. The number of nitrogens with one attached hydrogen (secondary N) is 1. The van der Waals surface area contributed by atoms with Crippen molar-refractivity contribution in [1.29, 1.82) is 0 Å². The summed E-state index contributed by atoms with van der Waals surface area (Å²) in [5, 5.41) is 3.13. The van der Waals surface area contributed by atoms with Crippen LogP contribution in [-0.4, -0.2) is 38.9 Å². The number of aromatic nitrogens is 1. The van der Waals surface area contributed by atoms with Crippen LogP contribution >= 0.6 is 0 Å². The Morgan fingerprint density at radius 3 is 2.45 bits per heavy atom. The first-order valence-corrected chi connectivity index (χ1v) is 8.09. The summed E-state index contributed by atoms with van der Waals surface area (Å²) in [6.45, 7) is 1.98. The van der Waals surface area contributed by atoms with Crippen molar-refractivity contribution in [2.45, 2.75) is 11.8 Å². The van der Waals surface area contributed by atoms with Crippen LogP contribution in [0.5, 0.6) is 5.75 Å². The molecule has 1 aromatic carbocycles. The van der Waals surface area contributed by atoms with Gasteiger partial charge in [-0.2, -0.15) is 0 Å². The van der Waals surface area contributed by atoms with Crippen molar-refractivity contribution >= 4 is 21.5 Å². The fourth-order valence-corrected chi connectivity index (χ4v) is 2.72. The molecule has 2 rings (SSSR count). The Hall–Kier alpha value is -2.12. The number of pyridine rings is 1. The first-order valence-electron chi connectivity index (χ1n) is 6.65. The number of methoxy groups -OCH3 is 1. The number of hydrogen-bond acceptors (Lipinski definition) is 5. The van der Waals surface area contributed by atoms with Gasteiger partial charge in [0.05, 0.1) is 12.8 Å². The van der Waals surface area contributed by atoms with Crippen molar-refractivity contribution < 1.29 is 13.2 Å². The smallest absolute Gasteiger partial charge is 0.244 e. The predicted molar refractivity (Wildman–Crippen MR) is 86.1 cm³/mol. The second-order valence-corrected chi connectivity index (χ2v) is 7.15. The molecule has 1 aromatic heterocycles. The van der Waals surface area contributed by atoms with E-state index in [2.05, 4.69) is 10.3 Å². The third-order valence-electron chi connectivity index (χ3n) is 3.13. The van der Waals surface area contributed by atoms with E-state index in [1.54, 1.807) is 13.2 Å². The highest BCUT2D eigenvalue weighted by Gasteiger charge is 2.17. The van der Waals surface area contributed by atoms with E-state index >= 15 is 0 Å². The topological polar surface area (TPSA) is 71.5 Å². The molecular formula is C15H19N3O3S. The molecule has 0 fully saturated rings. The van der Waals surface area contributed by atoms with Crippen molar-refractivity contribution in [3.8, 4) is 5.75 Å². The SMILES string of the molecule is COc1ccc(C)cc1Nc1ccc(S(=O)(=O)N(C)C)cn1. The molecule has 0 aliphatic carbocycles. The number of anilines is 2. The predicted octanol–water partition coefficient (Wildman–Crippen LogP) is 2.39. The zero-order valence-corrected chi connectivity index (χ0v) is 13.8. The van der Waals surface area contributed by atoms with Gasteiger partial charge in [0.1, 0.15) is 16.5 Å². The quantitative estimate of drug-likeness (QED) is 0.915. The van der Waals surface area contributed by atoms with Gasteiger partial charge in [0.2, 0.25) is 10.0 Å². The lowest BCUT2D eigenvalue weighted by atomic mass is 10.2. The lowest BCUT2D eigenvalue weighted by Gasteiger charge is -2.13. The molecule has 1 N–H and O–H groups in total. The number of rotatable bonds is 5. The van der Waals surface area contributed by atoms with E-state index in [1.807, 2.05) is 25.1 Å². The summed E-state index contributed by atoms with van der Waals surface area (Å²) in [5.74, 6) is 1.24. The van der Waals surface area contributed by atoms with Crippen LogP contribution in [0, 0.1) is 6.92 Å². The van der Waals surface area contributed by atoms with Crippen LogP contribution in [0.2, 0.25) is 0 Å². The molecule has 0 unspecified atom stereocenters. The lowest BCUT2D eigenvalue weighted by Crippen LogP contribution is -2.22.